The molecule has 2 aromatic rings. The molecule has 0 saturated carbocycles. The Balaban J connectivity index is 2.25. The molecule has 0 aliphatic rings. The summed E-state index contributed by atoms with van der Waals surface area (Å²) in [6, 6.07) is 8.17. The number of nitrogens with one attached hydrogen (secondary N) is 1. The van der Waals surface area contributed by atoms with E-state index in [1.54, 1.807) is 31.2 Å². The summed E-state index contributed by atoms with van der Waals surface area (Å²) in [6.45, 7) is 1.79. The molecule has 7 heteroatoms. The van der Waals surface area contributed by atoms with Crippen LogP contribution >= 0.6 is 0 Å². The smallest absolute Gasteiger partial charge is 0.337 e. The van der Waals surface area contributed by atoms with E-state index in [9.17, 15) is 14.7 Å². The van der Waals surface area contributed by atoms with Gasteiger partial charge in [0.25, 0.3) is 0 Å². The van der Waals surface area contributed by atoms with Gasteiger partial charge < -0.3 is 24.6 Å². The SMILES string of the molecule is COc1cc(CC(=O)Nc2ccc(C)cc2C(=O)O)cc(OC)c1OC. The highest BCUT2D eigenvalue weighted by Gasteiger charge is 2.17. The lowest BCUT2D eigenvalue weighted by atomic mass is 10.1. The molecule has 0 bridgehead atoms. The molecular formula is C19H21NO6. The Morgan fingerprint density at radius 2 is 1.62 bits per heavy atom. The molecule has 0 radical (unpaired) electrons. The van der Waals surface area contributed by atoms with Gasteiger partial charge in [-0.3, -0.25) is 4.79 Å². The molecule has 0 spiro atoms. The number of carboxylic acid groups (broad SMARTS) is 1. The fraction of sp³-hybridized carbons (Fsp3) is 0.263. The molecule has 7 nitrogen and oxygen atoms in total. The van der Waals surface area contributed by atoms with E-state index in [1.165, 1.54) is 27.4 Å². The summed E-state index contributed by atoms with van der Waals surface area (Å²) in [5.74, 6) is -0.138. The number of anilines is 1. The molecule has 0 aromatic heterocycles. The van der Waals surface area contributed by atoms with Crippen molar-refractivity contribution in [2.45, 2.75) is 13.3 Å². The highest BCUT2D eigenvalue weighted by molar-refractivity contribution is 6.01. The second-order valence-corrected chi connectivity index (χ2v) is 5.61. The topological polar surface area (TPSA) is 94.1 Å². The van der Waals surface area contributed by atoms with Crippen molar-refractivity contribution in [2.24, 2.45) is 0 Å². The molecule has 0 aliphatic carbocycles. The third-order valence-electron chi connectivity index (χ3n) is 3.77. The number of rotatable bonds is 7. The van der Waals surface area contributed by atoms with Gasteiger partial charge in [0.05, 0.1) is 39.0 Å². The third-order valence-corrected chi connectivity index (χ3v) is 3.77. The van der Waals surface area contributed by atoms with Crippen molar-refractivity contribution in [3.63, 3.8) is 0 Å². The second kappa shape index (κ2) is 8.24. The first-order valence-corrected chi connectivity index (χ1v) is 7.82. The molecule has 0 unspecified atom stereocenters. The van der Waals surface area contributed by atoms with E-state index in [4.69, 9.17) is 14.2 Å². The summed E-state index contributed by atoms with van der Waals surface area (Å²) in [5.41, 5.74) is 1.73. The number of hydrogen-bond acceptors (Lipinski definition) is 5. The highest BCUT2D eigenvalue weighted by Crippen LogP contribution is 2.38. The number of aromatic carboxylic acids is 1. The van der Waals surface area contributed by atoms with Gasteiger partial charge >= 0.3 is 5.97 Å². The standard InChI is InChI=1S/C19H21NO6/c1-11-5-6-14(13(7-11)19(22)23)20-17(21)10-12-8-15(24-2)18(26-4)16(9-12)25-3/h5-9H,10H2,1-4H3,(H,20,21)(H,22,23). The van der Waals surface area contributed by atoms with Gasteiger partial charge in [-0.05, 0) is 36.8 Å². The number of amides is 1. The molecule has 2 aromatic carbocycles. The number of carboxylic acids is 1. The molecule has 0 aliphatic heterocycles. The van der Waals surface area contributed by atoms with E-state index in [1.807, 2.05) is 0 Å². The highest BCUT2D eigenvalue weighted by atomic mass is 16.5. The molecule has 138 valence electrons. The van der Waals surface area contributed by atoms with Crippen LogP contribution in [0.1, 0.15) is 21.5 Å². The number of aryl methyl sites for hydroxylation is 1. The number of methoxy groups -OCH3 is 3. The molecule has 26 heavy (non-hydrogen) atoms. The van der Waals surface area contributed by atoms with Crippen LogP contribution < -0.4 is 19.5 Å². The van der Waals surface area contributed by atoms with Crippen LogP contribution in [0.15, 0.2) is 30.3 Å². The maximum absolute atomic E-state index is 12.4. The average molecular weight is 359 g/mol. The van der Waals surface area contributed by atoms with Gasteiger partial charge in [-0.25, -0.2) is 4.79 Å². The fourth-order valence-corrected chi connectivity index (χ4v) is 2.56. The summed E-state index contributed by atoms with van der Waals surface area (Å²) in [7, 11) is 4.48. The van der Waals surface area contributed by atoms with Crippen molar-refractivity contribution in [1.29, 1.82) is 0 Å². The minimum atomic E-state index is -1.10. The number of carbonyl (C=O) groups excluding carboxylic acids is 1. The second-order valence-electron chi connectivity index (χ2n) is 5.61. The van der Waals surface area contributed by atoms with Gasteiger partial charge in [0.15, 0.2) is 11.5 Å². The maximum Gasteiger partial charge on any atom is 0.337 e. The van der Waals surface area contributed by atoms with E-state index >= 15 is 0 Å². The zero-order chi connectivity index (χ0) is 19.3. The van der Waals surface area contributed by atoms with Crippen molar-refractivity contribution in [3.8, 4) is 17.2 Å². The van der Waals surface area contributed by atoms with Crippen LogP contribution in [0.3, 0.4) is 0 Å². The zero-order valence-electron chi connectivity index (χ0n) is 15.1. The minimum Gasteiger partial charge on any atom is -0.493 e. The molecule has 2 rings (SSSR count). The number of benzene rings is 2. The predicted octanol–water partition coefficient (Wildman–Crippen LogP) is 2.90. The van der Waals surface area contributed by atoms with Gasteiger partial charge in [-0.15, -0.1) is 0 Å². The lowest BCUT2D eigenvalue weighted by Gasteiger charge is -2.14. The number of ether oxygens (including phenoxy) is 3. The largest absolute Gasteiger partial charge is 0.493 e. The van der Waals surface area contributed by atoms with Crippen LogP contribution in [0.4, 0.5) is 5.69 Å². The quantitative estimate of drug-likeness (QED) is 0.789. The Kier molecular flexibility index (Phi) is 6.06. The van der Waals surface area contributed by atoms with Crippen molar-refractivity contribution < 1.29 is 28.9 Å². The van der Waals surface area contributed by atoms with Gasteiger partial charge in [0.1, 0.15) is 0 Å². The Morgan fingerprint density at radius 3 is 2.12 bits per heavy atom. The molecule has 0 saturated heterocycles. The van der Waals surface area contributed by atoms with E-state index in [0.717, 1.165) is 5.56 Å². The number of hydrogen-bond donors (Lipinski definition) is 2. The first kappa shape index (κ1) is 19.1. The average Bonchev–Trinajstić information content (AvgIpc) is 2.61. The Bertz CT molecular complexity index is 806. The maximum atomic E-state index is 12.4. The van der Waals surface area contributed by atoms with E-state index in [2.05, 4.69) is 5.32 Å². The van der Waals surface area contributed by atoms with Crippen LogP contribution in [0.25, 0.3) is 0 Å². The summed E-state index contributed by atoms with van der Waals surface area (Å²) in [5, 5.41) is 11.9. The van der Waals surface area contributed by atoms with E-state index < -0.39 is 5.97 Å². The predicted molar refractivity (Wildman–Crippen MR) is 96.6 cm³/mol. The van der Waals surface area contributed by atoms with Gasteiger partial charge in [0.2, 0.25) is 11.7 Å². The number of carbonyl (C=O) groups is 2. The van der Waals surface area contributed by atoms with Crippen molar-refractivity contribution in [1.82, 2.24) is 0 Å². The third kappa shape index (κ3) is 4.24. The van der Waals surface area contributed by atoms with Gasteiger partial charge in [-0.1, -0.05) is 11.6 Å². The van der Waals surface area contributed by atoms with E-state index in [0.29, 0.717) is 22.8 Å². The first-order chi connectivity index (χ1) is 12.4. The summed E-state index contributed by atoms with van der Waals surface area (Å²) in [6.07, 6.45) is 0.0175. The Hall–Kier alpha value is -3.22. The summed E-state index contributed by atoms with van der Waals surface area (Å²) < 4.78 is 15.8. The van der Waals surface area contributed by atoms with Crippen LogP contribution in [0.5, 0.6) is 17.2 Å². The Labute approximate surface area is 151 Å². The molecule has 0 fully saturated rings. The van der Waals surface area contributed by atoms with E-state index in [-0.39, 0.29) is 23.6 Å². The van der Waals surface area contributed by atoms with Crippen LogP contribution in [-0.2, 0) is 11.2 Å². The van der Waals surface area contributed by atoms with Gasteiger partial charge in [0, 0.05) is 0 Å². The molecule has 0 heterocycles. The van der Waals surface area contributed by atoms with Gasteiger partial charge in [-0.2, -0.15) is 0 Å². The summed E-state index contributed by atoms with van der Waals surface area (Å²) in [4.78, 5) is 23.7. The van der Waals surface area contributed by atoms with Crippen molar-refractivity contribution >= 4 is 17.6 Å². The zero-order valence-corrected chi connectivity index (χ0v) is 15.1. The molecule has 1 amide bonds. The van der Waals surface area contributed by atoms with Crippen molar-refractivity contribution in [3.05, 3.63) is 47.0 Å². The molecule has 0 atom stereocenters. The summed E-state index contributed by atoms with van der Waals surface area (Å²) >= 11 is 0. The van der Waals surface area contributed by atoms with Crippen molar-refractivity contribution in [2.75, 3.05) is 26.6 Å². The Morgan fingerprint density at radius 1 is 1.00 bits per heavy atom. The lowest BCUT2D eigenvalue weighted by Crippen LogP contribution is -2.17. The normalized spacial score (nSPS) is 10.2. The lowest BCUT2D eigenvalue weighted by molar-refractivity contribution is -0.115. The minimum absolute atomic E-state index is 0.0175. The van der Waals surface area contributed by atoms with Crippen LogP contribution in [-0.4, -0.2) is 38.3 Å². The van der Waals surface area contributed by atoms with Crippen LogP contribution in [0.2, 0.25) is 0 Å². The van der Waals surface area contributed by atoms with Crippen LogP contribution in [0, 0.1) is 6.92 Å². The first-order valence-electron chi connectivity index (χ1n) is 7.82. The monoisotopic (exact) mass is 359 g/mol. The fourth-order valence-electron chi connectivity index (χ4n) is 2.56. The molecule has 2 N–H and O–H groups in total. The molecular weight excluding hydrogens is 338 g/mol.